The lowest BCUT2D eigenvalue weighted by Crippen LogP contribution is -2.14. The Morgan fingerprint density at radius 1 is 1.24 bits per heavy atom. The van der Waals surface area contributed by atoms with E-state index in [1.807, 2.05) is 44.2 Å². The summed E-state index contributed by atoms with van der Waals surface area (Å²) in [5.74, 6) is 0. The smallest absolute Gasteiger partial charge is 0.106 e. The zero-order chi connectivity index (χ0) is 23.8. The Kier molecular flexibility index (Phi) is 8.39. The average molecular weight is 461 g/mol. The molecule has 6 heteroatoms. The number of aliphatic imine (C=N–C) groups is 1. The monoisotopic (exact) mass is 460 g/mol. The van der Waals surface area contributed by atoms with Gasteiger partial charge < -0.3 is 10.6 Å². The molecule has 0 aliphatic heterocycles. The SMILES string of the molecule is C=C(/N=C1/C=CC=C(C)/C1=C(/N)c1ccccc1CCC/C=N/OC)c1cc(Cl)cc(C)n1. The summed E-state index contributed by atoms with van der Waals surface area (Å²) in [6, 6.07) is 11.8. The molecule has 0 unspecified atom stereocenters. The van der Waals surface area contributed by atoms with Crippen LogP contribution in [0.15, 0.2) is 82.5 Å². The molecular formula is C27H29ClN4O. The average Bonchev–Trinajstić information content (AvgIpc) is 2.78. The molecular weight excluding hydrogens is 432 g/mol. The van der Waals surface area contributed by atoms with Gasteiger partial charge in [0.1, 0.15) is 7.11 Å². The van der Waals surface area contributed by atoms with Gasteiger partial charge in [-0.15, -0.1) is 0 Å². The maximum atomic E-state index is 6.78. The molecule has 5 nitrogen and oxygen atoms in total. The van der Waals surface area contributed by atoms with E-state index in [-0.39, 0.29) is 0 Å². The Bertz CT molecular complexity index is 1170. The maximum Gasteiger partial charge on any atom is 0.106 e. The van der Waals surface area contributed by atoms with Gasteiger partial charge in [0.25, 0.3) is 0 Å². The molecule has 0 saturated carbocycles. The number of halogens is 1. The van der Waals surface area contributed by atoms with Gasteiger partial charge in [0.2, 0.25) is 0 Å². The first-order valence-corrected chi connectivity index (χ1v) is 11.2. The summed E-state index contributed by atoms with van der Waals surface area (Å²) in [6.45, 7) is 8.06. The fraction of sp³-hybridized carbons (Fsp3) is 0.222. The minimum Gasteiger partial charge on any atom is -0.399 e. The van der Waals surface area contributed by atoms with Crippen LogP contribution in [0, 0.1) is 6.92 Å². The molecule has 3 rings (SSSR count). The molecule has 1 aromatic heterocycles. The summed E-state index contributed by atoms with van der Waals surface area (Å²) in [6.07, 6.45) is 10.4. The number of nitrogens with zero attached hydrogens (tertiary/aromatic N) is 3. The third-order valence-corrected chi connectivity index (χ3v) is 5.47. The van der Waals surface area contributed by atoms with Crippen LogP contribution >= 0.6 is 11.6 Å². The molecule has 2 aromatic rings. The van der Waals surface area contributed by atoms with Gasteiger partial charge in [-0.2, -0.15) is 0 Å². The first-order chi connectivity index (χ1) is 15.9. The largest absolute Gasteiger partial charge is 0.399 e. The van der Waals surface area contributed by atoms with E-state index in [1.54, 1.807) is 25.5 Å². The number of unbranched alkanes of at least 4 members (excludes halogenated alkanes) is 1. The van der Waals surface area contributed by atoms with Gasteiger partial charge >= 0.3 is 0 Å². The first-order valence-electron chi connectivity index (χ1n) is 10.8. The highest BCUT2D eigenvalue weighted by Crippen LogP contribution is 2.29. The van der Waals surface area contributed by atoms with E-state index in [4.69, 9.17) is 27.2 Å². The number of pyridine rings is 1. The van der Waals surface area contributed by atoms with Crippen LogP contribution in [0.25, 0.3) is 11.4 Å². The quantitative estimate of drug-likeness (QED) is 0.285. The Morgan fingerprint density at radius 3 is 2.79 bits per heavy atom. The standard InChI is InChI=1S/C27H29ClN4O/c1-18-10-9-14-24(32-20(3)25-17-22(28)16-19(2)31-25)26(18)27(29)23-13-6-5-11-21(23)12-7-8-15-30-33-4/h5-6,9-11,13-17H,3,7-8,12,29H2,1-2,4H3/b27-26-,30-15+,32-24-. The minimum absolute atomic E-state index is 0.533. The second kappa shape index (κ2) is 11.4. The van der Waals surface area contributed by atoms with Crippen molar-refractivity contribution in [2.45, 2.75) is 33.1 Å². The number of rotatable bonds is 8. The predicted molar refractivity (Wildman–Crippen MR) is 139 cm³/mol. The summed E-state index contributed by atoms with van der Waals surface area (Å²) in [5, 5.41) is 4.41. The normalized spacial score (nSPS) is 16.2. The van der Waals surface area contributed by atoms with Crippen LogP contribution in [-0.4, -0.2) is 24.0 Å². The Morgan fingerprint density at radius 2 is 2.03 bits per heavy atom. The number of nitrogens with two attached hydrogens (primary N) is 1. The number of aromatic nitrogens is 1. The lowest BCUT2D eigenvalue weighted by atomic mass is 9.90. The fourth-order valence-corrected chi connectivity index (χ4v) is 3.98. The van der Waals surface area contributed by atoms with E-state index < -0.39 is 0 Å². The van der Waals surface area contributed by atoms with Crippen molar-refractivity contribution in [3.05, 3.63) is 99.9 Å². The topological polar surface area (TPSA) is 72.9 Å². The molecule has 170 valence electrons. The molecule has 0 saturated heterocycles. The Labute approximate surface area is 200 Å². The Hall–Kier alpha value is -3.44. The van der Waals surface area contributed by atoms with Gasteiger partial charge in [0.05, 0.1) is 17.1 Å². The van der Waals surface area contributed by atoms with E-state index in [0.29, 0.717) is 22.1 Å². The van der Waals surface area contributed by atoms with Crippen molar-refractivity contribution in [1.82, 2.24) is 4.98 Å². The third kappa shape index (κ3) is 6.30. The molecule has 1 heterocycles. The van der Waals surface area contributed by atoms with E-state index in [0.717, 1.165) is 47.4 Å². The van der Waals surface area contributed by atoms with Crippen LogP contribution in [0.2, 0.25) is 5.02 Å². The molecule has 1 aliphatic rings. The highest BCUT2D eigenvalue weighted by atomic mass is 35.5. The van der Waals surface area contributed by atoms with Crippen LogP contribution in [0.5, 0.6) is 0 Å². The van der Waals surface area contributed by atoms with Crippen molar-refractivity contribution in [2.75, 3.05) is 7.11 Å². The molecule has 0 atom stereocenters. The second-order valence-electron chi connectivity index (χ2n) is 7.77. The van der Waals surface area contributed by atoms with Gasteiger partial charge in [0.15, 0.2) is 0 Å². The molecule has 0 amide bonds. The second-order valence-corrected chi connectivity index (χ2v) is 8.21. The number of oxime groups is 1. The van der Waals surface area contributed by atoms with E-state index in [1.165, 1.54) is 5.56 Å². The van der Waals surface area contributed by atoms with Gasteiger partial charge in [-0.25, -0.2) is 4.99 Å². The third-order valence-electron chi connectivity index (χ3n) is 5.26. The zero-order valence-electron chi connectivity index (χ0n) is 19.3. The van der Waals surface area contributed by atoms with Gasteiger partial charge in [-0.1, -0.05) is 59.8 Å². The summed E-state index contributed by atoms with van der Waals surface area (Å²) in [5.41, 5.74) is 14.3. The van der Waals surface area contributed by atoms with Crippen molar-refractivity contribution < 1.29 is 4.84 Å². The number of benzene rings is 1. The van der Waals surface area contributed by atoms with E-state index >= 15 is 0 Å². The Balaban J connectivity index is 1.98. The lowest BCUT2D eigenvalue weighted by Gasteiger charge is -2.18. The number of aryl methyl sites for hydroxylation is 2. The molecule has 0 fully saturated rings. The molecule has 0 radical (unpaired) electrons. The van der Waals surface area contributed by atoms with Crippen LogP contribution in [0.4, 0.5) is 0 Å². The van der Waals surface area contributed by atoms with Gasteiger partial charge in [-0.05, 0) is 62.5 Å². The molecule has 33 heavy (non-hydrogen) atoms. The zero-order valence-corrected chi connectivity index (χ0v) is 20.1. The van der Waals surface area contributed by atoms with Crippen molar-refractivity contribution in [2.24, 2.45) is 15.9 Å². The maximum absolute atomic E-state index is 6.78. The van der Waals surface area contributed by atoms with Crippen molar-refractivity contribution in [3.63, 3.8) is 0 Å². The summed E-state index contributed by atoms with van der Waals surface area (Å²) >= 11 is 6.21. The highest BCUT2D eigenvalue weighted by Gasteiger charge is 2.18. The van der Waals surface area contributed by atoms with Crippen LogP contribution in [-0.2, 0) is 11.3 Å². The van der Waals surface area contributed by atoms with Crippen LogP contribution in [0.3, 0.4) is 0 Å². The molecule has 0 bridgehead atoms. The molecule has 0 spiro atoms. The predicted octanol–water partition coefficient (Wildman–Crippen LogP) is 6.30. The van der Waals surface area contributed by atoms with Crippen LogP contribution < -0.4 is 5.73 Å². The summed E-state index contributed by atoms with van der Waals surface area (Å²) in [4.78, 5) is 14.0. The van der Waals surface area contributed by atoms with Crippen molar-refractivity contribution in [3.8, 4) is 0 Å². The minimum atomic E-state index is 0.533. The molecule has 1 aromatic carbocycles. The van der Waals surface area contributed by atoms with Crippen molar-refractivity contribution >= 4 is 34.9 Å². The number of allylic oxidation sites excluding steroid dienone is 5. The summed E-state index contributed by atoms with van der Waals surface area (Å²) in [7, 11) is 1.55. The lowest BCUT2D eigenvalue weighted by molar-refractivity contribution is 0.214. The number of hydrogen-bond acceptors (Lipinski definition) is 5. The first kappa shape index (κ1) is 24.2. The van der Waals surface area contributed by atoms with Gasteiger partial charge in [0, 0.05) is 33.8 Å². The highest BCUT2D eigenvalue weighted by molar-refractivity contribution is 6.30. The molecule has 2 N–H and O–H groups in total. The van der Waals surface area contributed by atoms with E-state index in [9.17, 15) is 0 Å². The fourth-order valence-electron chi connectivity index (χ4n) is 3.72. The van der Waals surface area contributed by atoms with Crippen molar-refractivity contribution in [1.29, 1.82) is 0 Å². The van der Waals surface area contributed by atoms with Crippen LogP contribution in [0.1, 0.15) is 42.3 Å². The summed E-state index contributed by atoms with van der Waals surface area (Å²) < 4.78 is 0. The van der Waals surface area contributed by atoms with E-state index in [2.05, 4.69) is 28.9 Å². The number of hydrogen-bond donors (Lipinski definition) is 1. The van der Waals surface area contributed by atoms with Gasteiger partial charge in [-0.3, -0.25) is 4.98 Å². The molecule has 1 aliphatic carbocycles.